The number of guanidine groups is 1. The fourth-order valence-electron chi connectivity index (χ4n) is 3.56. The lowest BCUT2D eigenvalue weighted by Gasteiger charge is -2.34. The lowest BCUT2D eigenvalue weighted by atomic mass is 10.0. The van der Waals surface area contributed by atoms with Gasteiger partial charge in [0.05, 0.1) is 0 Å². The van der Waals surface area contributed by atoms with Gasteiger partial charge in [-0.15, -0.1) is 24.0 Å². The van der Waals surface area contributed by atoms with Gasteiger partial charge in [0.15, 0.2) is 5.96 Å². The largest absolute Gasteiger partial charge is 0.371 e. The van der Waals surface area contributed by atoms with Crippen molar-refractivity contribution >= 4 is 35.6 Å². The molecule has 2 heterocycles. The molecule has 0 aliphatic carbocycles. The molecule has 0 spiro atoms. The number of halogens is 1. The average molecular weight is 496 g/mol. The van der Waals surface area contributed by atoms with E-state index in [-0.39, 0.29) is 24.0 Å². The van der Waals surface area contributed by atoms with Gasteiger partial charge in [-0.3, -0.25) is 4.99 Å². The van der Waals surface area contributed by atoms with Crippen LogP contribution in [0.2, 0.25) is 0 Å². The first-order chi connectivity index (χ1) is 13.3. The van der Waals surface area contributed by atoms with Crippen molar-refractivity contribution in [1.29, 1.82) is 0 Å². The smallest absolute Gasteiger partial charge is 0.191 e. The van der Waals surface area contributed by atoms with Gasteiger partial charge in [0.2, 0.25) is 0 Å². The molecule has 6 nitrogen and oxygen atoms in total. The van der Waals surface area contributed by atoms with Gasteiger partial charge in [0.25, 0.3) is 0 Å². The van der Waals surface area contributed by atoms with Crippen molar-refractivity contribution in [2.45, 2.75) is 45.2 Å². The van der Waals surface area contributed by atoms with Crippen LogP contribution in [0.4, 0.5) is 5.69 Å². The van der Waals surface area contributed by atoms with Crippen molar-refractivity contribution in [3.05, 3.63) is 48.5 Å². The summed E-state index contributed by atoms with van der Waals surface area (Å²) in [5.74, 6) is 2.01. The van der Waals surface area contributed by atoms with E-state index in [9.17, 15) is 0 Å². The number of hydrogen-bond acceptors (Lipinski definition) is 3. The third-order valence-corrected chi connectivity index (χ3v) is 5.22. The minimum absolute atomic E-state index is 0. The van der Waals surface area contributed by atoms with Crippen molar-refractivity contribution in [3.63, 3.8) is 0 Å². The summed E-state index contributed by atoms with van der Waals surface area (Å²) in [6.07, 6.45) is 8.43. The summed E-state index contributed by atoms with van der Waals surface area (Å²) in [6, 6.07) is 11.2. The van der Waals surface area contributed by atoms with Gasteiger partial charge in [-0.05, 0) is 44.7 Å². The predicted molar refractivity (Wildman–Crippen MR) is 128 cm³/mol. The minimum Gasteiger partial charge on any atom is -0.371 e. The summed E-state index contributed by atoms with van der Waals surface area (Å²) in [6.45, 7) is 6.19. The third kappa shape index (κ3) is 6.68. The van der Waals surface area contributed by atoms with Gasteiger partial charge in [0.1, 0.15) is 5.82 Å². The minimum atomic E-state index is 0. The molecule has 0 amide bonds. The van der Waals surface area contributed by atoms with E-state index in [0.717, 1.165) is 63.6 Å². The number of nitrogens with one attached hydrogen (secondary N) is 2. The van der Waals surface area contributed by atoms with Gasteiger partial charge in [0, 0.05) is 57.3 Å². The molecule has 0 bridgehead atoms. The van der Waals surface area contributed by atoms with Crippen molar-refractivity contribution in [2.24, 2.45) is 4.99 Å². The summed E-state index contributed by atoms with van der Waals surface area (Å²) in [5, 5.41) is 7.04. The maximum Gasteiger partial charge on any atom is 0.191 e. The Kier molecular flexibility index (Phi) is 9.60. The molecule has 0 unspecified atom stereocenters. The quantitative estimate of drug-likeness (QED) is 0.267. The fraction of sp³-hybridized carbons (Fsp3) is 0.524. The van der Waals surface area contributed by atoms with Gasteiger partial charge in [-0.1, -0.05) is 18.2 Å². The zero-order chi connectivity index (χ0) is 18.9. The highest BCUT2D eigenvalue weighted by Gasteiger charge is 2.19. The first-order valence-corrected chi connectivity index (χ1v) is 10.0. The van der Waals surface area contributed by atoms with Gasteiger partial charge < -0.3 is 20.1 Å². The summed E-state index contributed by atoms with van der Waals surface area (Å²) in [5.41, 5.74) is 1.33. The zero-order valence-corrected chi connectivity index (χ0v) is 19.3. The highest BCUT2D eigenvalue weighted by atomic mass is 127. The molecule has 0 radical (unpaired) electrons. The highest BCUT2D eigenvalue weighted by Crippen LogP contribution is 2.19. The molecule has 2 N–H and O–H groups in total. The number of aliphatic imine (C=N–C) groups is 1. The Labute approximate surface area is 185 Å². The molecular weight excluding hydrogens is 463 g/mol. The second-order valence-electron chi connectivity index (χ2n) is 7.12. The number of para-hydroxylation sites is 1. The summed E-state index contributed by atoms with van der Waals surface area (Å²) < 4.78 is 2.20. The summed E-state index contributed by atoms with van der Waals surface area (Å²) in [4.78, 5) is 11.1. The van der Waals surface area contributed by atoms with Crippen LogP contribution in [0, 0.1) is 6.92 Å². The van der Waals surface area contributed by atoms with Crippen LogP contribution in [0.25, 0.3) is 0 Å². The lowest BCUT2D eigenvalue weighted by Crippen LogP contribution is -2.48. The van der Waals surface area contributed by atoms with E-state index in [1.165, 1.54) is 5.69 Å². The van der Waals surface area contributed by atoms with E-state index in [2.05, 4.69) is 60.4 Å². The van der Waals surface area contributed by atoms with E-state index in [4.69, 9.17) is 0 Å². The van der Waals surface area contributed by atoms with Crippen LogP contribution in [-0.2, 0) is 6.54 Å². The maximum atomic E-state index is 4.39. The number of aromatic nitrogens is 2. The molecule has 1 saturated heterocycles. The van der Waals surface area contributed by atoms with E-state index >= 15 is 0 Å². The number of benzene rings is 1. The Morgan fingerprint density at radius 1 is 1.18 bits per heavy atom. The summed E-state index contributed by atoms with van der Waals surface area (Å²) >= 11 is 0. The Hall–Kier alpha value is -1.77. The van der Waals surface area contributed by atoms with Gasteiger partial charge >= 0.3 is 0 Å². The Balaban J connectivity index is 0.00000280. The normalized spacial score (nSPS) is 15.2. The summed E-state index contributed by atoms with van der Waals surface area (Å²) in [7, 11) is 1.85. The van der Waals surface area contributed by atoms with E-state index in [0.29, 0.717) is 6.04 Å². The third-order valence-electron chi connectivity index (χ3n) is 5.22. The molecule has 1 aromatic carbocycles. The van der Waals surface area contributed by atoms with Crippen LogP contribution in [0.15, 0.2) is 47.7 Å². The average Bonchev–Trinajstić information content (AvgIpc) is 3.13. The molecule has 28 heavy (non-hydrogen) atoms. The molecule has 3 rings (SSSR count). The van der Waals surface area contributed by atoms with Crippen LogP contribution in [0.1, 0.15) is 31.5 Å². The molecule has 7 heteroatoms. The Morgan fingerprint density at radius 3 is 2.57 bits per heavy atom. The molecule has 0 saturated carbocycles. The number of anilines is 1. The van der Waals surface area contributed by atoms with Gasteiger partial charge in [-0.2, -0.15) is 0 Å². The molecule has 1 fully saturated rings. The molecule has 1 aliphatic rings. The molecule has 1 aliphatic heterocycles. The first kappa shape index (κ1) is 22.5. The number of rotatable bonds is 7. The number of aryl methyl sites for hydroxylation is 2. The number of unbranched alkanes of at least 4 members (excludes halogenated alkanes) is 1. The lowest BCUT2D eigenvalue weighted by molar-refractivity contribution is 0.461. The second kappa shape index (κ2) is 11.9. The predicted octanol–water partition coefficient (Wildman–Crippen LogP) is 3.42. The van der Waals surface area contributed by atoms with Crippen LogP contribution < -0.4 is 15.5 Å². The van der Waals surface area contributed by atoms with E-state index in [1.807, 2.05) is 26.4 Å². The number of hydrogen-bond donors (Lipinski definition) is 2. The molecule has 0 atom stereocenters. The van der Waals surface area contributed by atoms with Crippen LogP contribution >= 0.6 is 24.0 Å². The number of piperidine rings is 1. The zero-order valence-electron chi connectivity index (χ0n) is 17.0. The Morgan fingerprint density at radius 2 is 1.93 bits per heavy atom. The van der Waals surface area contributed by atoms with Crippen molar-refractivity contribution in [1.82, 2.24) is 20.2 Å². The van der Waals surface area contributed by atoms with E-state index < -0.39 is 0 Å². The fourth-order valence-corrected chi connectivity index (χ4v) is 3.56. The highest BCUT2D eigenvalue weighted by molar-refractivity contribution is 14.0. The van der Waals surface area contributed by atoms with Crippen LogP contribution in [0.5, 0.6) is 0 Å². The molecule has 1 aromatic heterocycles. The number of imidazole rings is 1. The standard InChI is InChI=1S/C21H32N6.HI/c1-18-23-13-17-26(18)14-7-6-12-24-21(22-2)25-19-10-15-27(16-11-19)20-8-4-3-5-9-20;/h3-5,8-9,13,17,19H,6-7,10-12,14-16H2,1-2H3,(H2,22,24,25);1H. The monoisotopic (exact) mass is 496 g/mol. The van der Waals surface area contributed by atoms with Crippen LogP contribution in [0.3, 0.4) is 0 Å². The van der Waals surface area contributed by atoms with E-state index in [1.54, 1.807) is 0 Å². The molecular formula is C21H33IN6. The topological polar surface area (TPSA) is 57.5 Å². The van der Waals surface area contributed by atoms with Crippen LogP contribution in [-0.4, -0.2) is 48.2 Å². The van der Waals surface area contributed by atoms with Gasteiger partial charge in [-0.25, -0.2) is 4.98 Å². The SMILES string of the molecule is CN=C(NCCCCn1ccnc1C)NC1CCN(c2ccccc2)CC1.I. The first-order valence-electron chi connectivity index (χ1n) is 10.0. The second-order valence-corrected chi connectivity index (χ2v) is 7.12. The van der Waals surface area contributed by atoms with Crippen molar-refractivity contribution in [3.8, 4) is 0 Å². The number of nitrogens with zero attached hydrogens (tertiary/aromatic N) is 4. The molecule has 154 valence electrons. The van der Waals surface area contributed by atoms with Crippen molar-refractivity contribution < 1.29 is 0 Å². The van der Waals surface area contributed by atoms with Crippen molar-refractivity contribution in [2.75, 3.05) is 31.6 Å². The maximum absolute atomic E-state index is 4.39. The molecule has 2 aromatic rings. The Bertz CT molecular complexity index is 707.